The molecule has 5 nitrogen and oxygen atoms in total. The largest absolute Gasteiger partial charge is 0.370 e. The van der Waals surface area contributed by atoms with Crippen LogP contribution in [-0.4, -0.2) is 36.4 Å². The quantitative estimate of drug-likeness (QED) is 0.420. The van der Waals surface area contributed by atoms with Crippen molar-refractivity contribution in [1.29, 1.82) is 0 Å². The van der Waals surface area contributed by atoms with Gasteiger partial charge >= 0.3 is 0 Å². The van der Waals surface area contributed by atoms with Crippen LogP contribution in [0.3, 0.4) is 0 Å². The number of nitrogens with zero attached hydrogens (tertiary/aromatic N) is 2. The highest BCUT2D eigenvalue weighted by atomic mass is 127. The first-order chi connectivity index (χ1) is 10.6. The van der Waals surface area contributed by atoms with E-state index >= 15 is 0 Å². The summed E-state index contributed by atoms with van der Waals surface area (Å²) in [4.78, 5) is 18.3. The highest BCUT2D eigenvalue weighted by Crippen LogP contribution is 2.22. The zero-order valence-corrected chi connectivity index (χ0v) is 16.4. The standard InChI is InChI=1S/C16H23ClN4O.HI/c1-12-13(17)6-5-7-14(12)20-15(22)8-9-19-16(18)21-10-3-2-4-11-21;/h5-7H,2-4,8-11H2,1H3,(H2,18,19)(H,20,22);1H. The van der Waals surface area contributed by atoms with Gasteiger partial charge in [-0.2, -0.15) is 0 Å². The molecule has 0 saturated carbocycles. The van der Waals surface area contributed by atoms with Crippen molar-refractivity contribution in [3.8, 4) is 0 Å². The van der Waals surface area contributed by atoms with Crippen molar-refractivity contribution < 1.29 is 4.79 Å². The molecule has 1 aromatic rings. The average Bonchev–Trinajstić information content (AvgIpc) is 2.52. The first kappa shape index (κ1) is 20.0. The van der Waals surface area contributed by atoms with Crippen molar-refractivity contribution >= 4 is 53.1 Å². The van der Waals surface area contributed by atoms with Crippen molar-refractivity contribution in [3.05, 3.63) is 28.8 Å². The number of nitrogens with two attached hydrogens (primary N) is 1. The third-order valence-electron chi connectivity index (χ3n) is 3.83. The van der Waals surface area contributed by atoms with Crippen molar-refractivity contribution in [3.63, 3.8) is 0 Å². The van der Waals surface area contributed by atoms with Crippen LogP contribution < -0.4 is 11.1 Å². The summed E-state index contributed by atoms with van der Waals surface area (Å²) in [6, 6.07) is 5.46. The van der Waals surface area contributed by atoms with Crippen LogP contribution in [0.25, 0.3) is 0 Å². The number of amides is 1. The summed E-state index contributed by atoms with van der Waals surface area (Å²) in [6.07, 6.45) is 3.88. The van der Waals surface area contributed by atoms with Crippen molar-refractivity contribution in [1.82, 2.24) is 4.90 Å². The Balaban J connectivity index is 0.00000264. The van der Waals surface area contributed by atoms with E-state index < -0.39 is 0 Å². The van der Waals surface area contributed by atoms with Crippen LogP contribution >= 0.6 is 35.6 Å². The molecule has 0 radical (unpaired) electrons. The Bertz CT molecular complexity index is 559. The van der Waals surface area contributed by atoms with E-state index in [9.17, 15) is 4.79 Å². The van der Waals surface area contributed by atoms with E-state index in [4.69, 9.17) is 17.3 Å². The number of hydrogen-bond acceptors (Lipinski definition) is 2. The number of rotatable bonds is 4. The Morgan fingerprint density at radius 3 is 2.74 bits per heavy atom. The highest BCUT2D eigenvalue weighted by molar-refractivity contribution is 14.0. The molecule has 128 valence electrons. The van der Waals surface area contributed by atoms with Gasteiger partial charge in [0.15, 0.2) is 5.96 Å². The number of carbonyl (C=O) groups excluding carboxylic acids is 1. The van der Waals surface area contributed by atoms with E-state index in [0.717, 1.165) is 37.2 Å². The molecule has 1 aliphatic rings. The summed E-state index contributed by atoms with van der Waals surface area (Å²) in [5.74, 6) is 0.465. The van der Waals surface area contributed by atoms with Crippen LogP contribution in [-0.2, 0) is 4.79 Å². The topological polar surface area (TPSA) is 70.7 Å². The number of guanidine groups is 1. The van der Waals surface area contributed by atoms with Gasteiger partial charge in [-0.3, -0.25) is 9.79 Å². The summed E-state index contributed by atoms with van der Waals surface area (Å²) in [5, 5.41) is 3.50. The number of nitrogens with one attached hydrogen (secondary N) is 1. The van der Waals surface area contributed by atoms with Gasteiger partial charge < -0.3 is 16.0 Å². The predicted octanol–water partition coefficient (Wildman–Crippen LogP) is 3.40. The molecule has 1 heterocycles. The van der Waals surface area contributed by atoms with Gasteiger partial charge in [0.25, 0.3) is 0 Å². The summed E-state index contributed by atoms with van der Waals surface area (Å²) in [6.45, 7) is 4.20. The minimum atomic E-state index is -0.0828. The van der Waals surface area contributed by atoms with Crippen LogP contribution in [0.15, 0.2) is 23.2 Å². The van der Waals surface area contributed by atoms with Crippen molar-refractivity contribution in [2.75, 3.05) is 25.0 Å². The molecule has 0 aliphatic carbocycles. The smallest absolute Gasteiger partial charge is 0.226 e. The molecule has 1 fully saturated rings. The minimum Gasteiger partial charge on any atom is -0.370 e. The number of aliphatic imine (C=N–C) groups is 1. The minimum absolute atomic E-state index is 0. The zero-order valence-electron chi connectivity index (χ0n) is 13.3. The molecule has 1 aromatic carbocycles. The second-order valence-electron chi connectivity index (χ2n) is 5.50. The predicted molar refractivity (Wildman–Crippen MR) is 107 cm³/mol. The summed E-state index contributed by atoms with van der Waals surface area (Å²) < 4.78 is 0. The number of hydrogen-bond donors (Lipinski definition) is 2. The summed E-state index contributed by atoms with van der Waals surface area (Å²) in [7, 11) is 0. The number of piperidine rings is 1. The van der Waals surface area contributed by atoms with Gasteiger partial charge in [-0.05, 0) is 43.9 Å². The lowest BCUT2D eigenvalue weighted by Crippen LogP contribution is -2.41. The van der Waals surface area contributed by atoms with Gasteiger partial charge in [-0.15, -0.1) is 24.0 Å². The van der Waals surface area contributed by atoms with Gasteiger partial charge in [0.05, 0.1) is 6.54 Å². The van der Waals surface area contributed by atoms with E-state index in [1.54, 1.807) is 6.07 Å². The molecule has 0 unspecified atom stereocenters. The van der Waals surface area contributed by atoms with Gasteiger partial charge in [-0.25, -0.2) is 0 Å². The second-order valence-corrected chi connectivity index (χ2v) is 5.91. The molecule has 0 spiro atoms. The molecule has 1 saturated heterocycles. The Kier molecular flexibility index (Phi) is 8.68. The van der Waals surface area contributed by atoms with Crippen molar-refractivity contribution in [2.24, 2.45) is 10.7 Å². The Hall–Kier alpha value is -1.02. The van der Waals surface area contributed by atoms with Crippen LogP contribution in [0.2, 0.25) is 5.02 Å². The molecule has 1 amide bonds. The number of likely N-dealkylation sites (tertiary alicyclic amines) is 1. The fourth-order valence-corrected chi connectivity index (χ4v) is 2.63. The molecule has 1 aliphatic heterocycles. The monoisotopic (exact) mass is 450 g/mol. The third-order valence-corrected chi connectivity index (χ3v) is 4.24. The first-order valence-electron chi connectivity index (χ1n) is 7.68. The van der Waals surface area contributed by atoms with Crippen LogP contribution in [0.4, 0.5) is 5.69 Å². The number of halogens is 2. The van der Waals surface area contributed by atoms with E-state index in [2.05, 4.69) is 15.2 Å². The maximum absolute atomic E-state index is 12.0. The number of carbonyl (C=O) groups is 1. The molecule has 0 bridgehead atoms. The normalized spacial score (nSPS) is 15.0. The fourth-order valence-electron chi connectivity index (χ4n) is 2.45. The molecule has 0 atom stereocenters. The van der Waals surface area contributed by atoms with E-state index in [1.807, 2.05) is 19.1 Å². The molecule has 0 aromatic heterocycles. The van der Waals surface area contributed by atoms with Crippen LogP contribution in [0, 0.1) is 6.92 Å². The maximum Gasteiger partial charge on any atom is 0.226 e. The Morgan fingerprint density at radius 1 is 1.35 bits per heavy atom. The van der Waals surface area contributed by atoms with Crippen molar-refractivity contribution in [2.45, 2.75) is 32.6 Å². The summed E-state index contributed by atoms with van der Waals surface area (Å²) >= 11 is 6.03. The SMILES string of the molecule is Cc1c(Cl)cccc1NC(=O)CCN=C(N)N1CCCCC1.I. The molecule has 7 heteroatoms. The molecular formula is C16H24ClIN4O. The average molecular weight is 451 g/mol. The van der Waals surface area contributed by atoms with Gasteiger partial charge in [-0.1, -0.05) is 17.7 Å². The van der Waals surface area contributed by atoms with Crippen LogP contribution in [0.1, 0.15) is 31.2 Å². The highest BCUT2D eigenvalue weighted by Gasteiger charge is 2.12. The number of benzene rings is 1. The second kappa shape index (κ2) is 9.97. The van der Waals surface area contributed by atoms with Gasteiger partial charge in [0, 0.05) is 30.2 Å². The lowest BCUT2D eigenvalue weighted by molar-refractivity contribution is -0.116. The lowest BCUT2D eigenvalue weighted by atomic mass is 10.1. The van der Waals surface area contributed by atoms with Gasteiger partial charge in [0.1, 0.15) is 0 Å². The van der Waals surface area contributed by atoms with E-state index in [1.165, 1.54) is 6.42 Å². The Labute approximate surface area is 159 Å². The molecular weight excluding hydrogens is 427 g/mol. The lowest BCUT2D eigenvalue weighted by Gasteiger charge is -2.27. The zero-order chi connectivity index (χ0) is 15.9. The van der Waals surface area contributed by atoms with Crippen LogP contribution in [0.5, 0.6) is 0 Å². The molecule has 23 heavy (non-hydrogen) atoms. The fraction of sp³-hybridized carbons (Fsp3) is 0.500. The summed E-state index contributed by atoms with van der Waals surface area (Å²) in [5.41, 5.74) is 7.57. The number of anilines is 1. The molecule has 2 rings (SSSR count). The van der Waals surface area contributed by atoms with E-state index in [0.29, 0.717) is 23.9 Å². The third kappa shape index (κ3) is 6.18. The van der Waals surface area contributed by atoms with Gasteiger partial charge in [0.2, 0.25) is 5.91 Å². The Morgan fingerprint density at radius 2 is 2.04 bits per heavy atom. The maximum atomic E-state index is 12.0. The van der Waals surface area contributed by atoms with E-state index in [-0.39, 0.29) is 29.9 Å². The molecule has 3 N–H and O–H groups in total. The first-order valence-corrected chi connectivity index (χ1v) is 8.05.